The highest BCUT2D eigenvalue weighted by atomic mass is 16.5. The molecular weight excluding hydrogens is 330 g/mol. The largest absolute Gasteiger partial charge is 0.368 e. The first-order valence-electron chi connectivity index (χ1n) is 9.27. The first-order valence-corrected chi connectivity index (χ1v) is 9.27. The van der Waals surface area contributed by atoms with E-state index in [1.54, 1.807) is 12.4 Å². The molecule has 26 heavy (non-hydrogen) atoms. The lowest BCUT2D eigenvalue weighted by atomic mass is 10.2. The summed E-state index contributed by atoms with van der Waals surface area (Å²) in [7, 11) is 1.98. The van der Waals surface area contributed by atoms with E-state index < -0.39 is 0 Å². The van der Waals surface area contributed by atoms with Gasteiger partial charge in [0.15, 0.2) is 0 Å². The Kier molecular flexibility index (Phi) is 4.99. The maximum atomic E-state index is 12.4. The van der Waals surface area contributed by atoms with E-state index in [4.69, 9.17) is 4.74 Å². The molecule has 0 aromatic carbocycles. The van der Waals surface area contributed by atoms with Crippen molar-refractivity contribution in [3.63, 3.8) is 0 Å². The van der Waals surface area contributed by atoms with E-state index in [1.165, 1.54) is 5.69 Å². The van der Waals surface area contributed by atoms with Gasteiger partial charge in [-0.3, -0.25) is 19.4 Å². The van der Waals surface area contributed by atoms with Crippen LogP contribution in [-0.2, 0) is 23.1 Å². The van der Waals surface area contributed by atoms with Gasteiger partial charge in [0, 0.05) is 64.3 Å². The second-order valence-corrected chi connectivity index (χ2v) is 6.98. The average Bonchev–Trinajstić information content (AvgIpc) is 3.33. The Bertz CT molecular complexity index is 747. The van der Waals surface area contributed by atoms with Crippen LogP contribution in [0.5, 0.6) is 0 Å². The number of carbonyl (C=O) groups excluding carboxylic acids is 1. The molecule has 0 radical (unpaired) electrons. The fourth-order valence-corrected chi connectivity index (χ4v) is 3.65. The molecular formula is C19H25N5O2. The highest BCUT2D eigenvalue weighted by Gasteiger charge is 2.30. The minimum Gasteiger partial charge on any atom is -0.368 e. The number of aromatic nitrogens is 3. The minimum absolute atomic E-state index is 0.169. The van der Waals surface area contributed by atoms with Crippen LogP contribution in [0.15, 0.2) is 30.6 Å². The summed E-state index contributed by atoms with van der Waals surface area (Å²) in [4.78, 5) is 20.8. The van der Waals surface area contributed by atoms with Gasteiger partial charge >= 0.3 is 0 Å². The minimum atomic E-state index is -0.207. The number of hydrogen-bond acceptors (Lipinski definition) is 5. The van der Waals surface area contributed by atoms with E-state index in [9.17, 15) is 4.79 Å². The topological polar surface area (TPSA) is 63.5 Å². The molecule has 2 aromatic heterocycles. The number of pyridine rings is 1. The van der Waals surface area contributed by atoms with Gasteiger partial charge in [0.1, 0.15) is 6.10 Å². The number of ether oxygens (including phenoxy) is 1. The Labute approximate surface area is 153 Å². The number of amides is 1. The Morgan fingerprint density at radius 1 is 1.23 bits per heavy atom. The monoisotopic (exact) mass is 355 g/mol. The van der Waals surface area contributed by atoms with E-state index in [1.807, 2.05) is 28.8 Å². The molecule has 1 amide bonds. The van der Waals surface area contributed by atoms with Crippen molar-refractivity contribution in [2.24, 2.45) is 7.05 Å². The molecule has 138 valence electrons. The van der Waals surface area contributed by atoms with Crippen LogP contribution in [-0.4, -0.2) is 69.4 Å². The summed E-state index contributed by atoms with van der Waals surface area (Å²) in [5.74, 6) is 0.169. The maximum Gasteiger partial charge on any atom is 0.251 e. The van der Waals surface area contributed by atoms with Gasteiger partial charge in [-0.1, -0.05) is 0 Å². The Morgan fingerprint density at radius 2 is 2.00 bits per heavy atom. The summed E-state index contributed by atoms with van der Waals surface area (Å²) in [6.07, 6.45) is 5.23. The molecule has 2 fully saturated rings. The second kappa shape index (κ2) is 7.55. The third-order valence-corrected chi connectivity index (χ3v) is 5.23. The number of rotatable bonds is 4. The van der Waals surface area contributed by atoms with Gasteiger partial charge in [0.05, 0.1) is 11.4 Å². The first-order chi connectivity index (χ1) is 12.7. The van der Waals surface area contributed by atoms with E-state index >= 15 is 0 Å². The average molecular weight is 355 g/mol. The predicted octanol–water partition coefficient (Wildman–Crippen LogP) is 1.31. The molecule has 2 aliphatic rings. The molecule has 0 spiro atoms. The fraction of sp³-hybridized carbons (Fsp3) is 0.526. The molecule has 2 saturated heterocycles. The second-order valence-electron chi connectivity index (χ2n) is 6.98. The molecule has 7 nitrogen and oxygen atoms in total. The summed E-state index contributed by atoms with van der Waals surface area (Å²) in [6, 6.07) is 6.09. The summed E-state index contributed by atoms with van der Waals surface area (Å²) >= 11 is 0. The van der Waals surface area contributed by atoms with Crippen molar-refractivity contribution in [3.8, 4) is 11.3 Å². The summed E-state index contributed by atoms with van der Waals surface area (Å²) in [5, 5.41) is 4.62. The van der Waals surface area contributed by atoms with Crippen LogP contribution in [0.1, 0.15) is 18.5 Å². The van der Waals surface area contributed by atoms with Crippen LogP contribution in [0.25, 0.3) is 11.3 Å². The van der Waals surface area contributed by atoms with E-state index in [0.717, 1.165) is 63.4 Å². The van der Waals surface area contributed by atoms with Gasteiger partial charge in [0.2, 0.25) is 0 Å². The summed E-state index contributed by atoms with van der Waals surface area (Å²) in [6.45, 7) is 4.87. The van der Waals surface area contributed by atoms with Crippen molar-refractivity contribution >= 4 is 5.91 Å². The molecule has 0 N–H and O–H groups in total. The number of carbonyl (C=O) groups is 1. The molecule has 0 aliphatic carbocycles. The van der Waals surface area contributed by atoms with Crippen molar-refractivity contribution in [2.45, 2.75) is 25.5 Å². The number of piperazine rings is 1. The molecule has 2 aromatic rings. The van der Waals surface area contributed by atoms with Crippen molar-refractivity contribution in [3.05, 3.63) is 36.3 Å². The zero-order chi connectivity index (χ0) is 17.9. The Hall–Kier alpha value is -2.25. The smallest absolute Gasteiger partial charge is 0.251 e. The van der Waals surface area contributed by atoms with Crippen LogP contribution in [0.2, 0.25) is 0 Å². The van der Waals surface area contributed by atoms with Gasteiger partial charge < -0.3 is 9.64 Å². The molecule has 4 heterocycles. The van der Waals surface area contributed by atoms with Gasteiger partial charge in [-0.15, -0.1) is 0 Å². The van der Waals surface area contributed by atoms with Gasteiger partial charge in [-0.05, 0) is 31.0 Å². The SMILES string of the molecule is Cn1nc(-c2ccncc2)cc1CN1CCN(C(=O)C2CCCO2)CC1. The normalized spacial score (nSPS) is 21.3. The van der Waals surface area contributed by atoms with Crippen LogP contribution in [0, 0.1) is 0 Å². The highest BCUT2D eigenvalue weighted by molar-refractivity contribution is 5.81. The molecule has 1 atom stereocenters. The third-order valence-electron chi connectivity index (χ3n) is 5.23. The first kappa shape index (κ1) is 17.2. The molecule has 2 aliphatic heterocycles. The van der Waals surface area contributed by atoms with Crippen LogP contribution in [0.4, 0.5) is 0 Å². The molecule has 1 unspecified atom stereocenters. The molecule has 0 bridgehead atoms. The van der Waals surface area contributed by atoms with E-state index in [2.05, 4.69) is 21.0 Å². The van der Waals surface area contributed by atoms with Crippen molar-refractivity contribution in [1.82, 2.24) is 24.6 Å². The highest BCUT2D eigenvalue weighted by Crippen LogP contribution is 2.20. The van der Waals surface area contributed by atoms with Gasteiger partial charge in [-0.25, -0.2) is 0 Å². The summed E-state index contributed by atoms with van der Waals surface area (Å²) in [5.41, 5.74) is 3.22. The molecule has 7 heteroatoms. The van der Waals surface area contributed by atoms with Crippen LogP contribution >= 0.6 is 0 Å². The third kappa shape index (κ3) is 3.64. The number of hydrogen-bond donors (Lipinski definition) is 0. The van der Waals surface area contributed by atoms with Crippen LogP contribution < -0.4 is 0 Å². The predicted molar refractivity (Wildman–Crippen MR) is 97.3 cm³/mol. The summed E-state index contributed by atoms with van der Waals surface area (Å²) < 4.78 is 7.47. The lowest BCUT2D eigenvalue weighted by molar-refractivity contribution is -0.142. The quantitative estimate of drug-likeness (QED) is 0.827. The Morgan fingerprint density at radius 3 is 2.69 bits per heavy atom. The van der Waals surface area contributed by atoms with E-state index in [0.29, 0.717) is 0 Å². The lowest BCUT2D eigenvalue weighted by Crippen LogP contribution is -2.51. The lowest BCUT2D eigenvalue weighted by Gasteiger charge is -2.35. The zero-order valence-corrected chi connectivity index (χ0v) is 15.2. The number of nitrogens with zero attached hydrogens (tertiary/aromatic N) is 5. The maximum absolute atomic E-state index is 12.4. The van der Waals surface area contributed by atoms with Crippen molar-refractivity contribution in [2.75, 3.05) is 32.8 Å². The fourth-order valence-electron chi connectivity index (χ4n) is 3.65. The van der Waals surface area contributed by atoms with Gasteiger partial charge in [0.25, 0.3) is 5.91 Å². The zero-order valence-electron chi connectivity index (χ0n) is 15.2. The van der Waals surface area contributed by atoms with Crippen LogP contribution in [0.3, 0.4) is 0 Å². The van der Waals surface area contributed by atoms with E-state index in [-0.39, 0.29) is 12.0 Å². The molecule has 4 rings (SSSR count). The van der Waals surface area contributed by atoms with Gasteiger partial charge in [-0.2, -0.15) is 5.10 Å². The standard InChI is InChI=1S/C19H25N5O2/c1-22-16(13-17(21-22)15-4-6-20-7-5-15)14-23-8-10-24(11-9-23)19(25)18-3-2-12-26-18/h4-7,13,18H,2-3,8-12,14H2,1H3. The van der Waals surface area contributed by atoms with Crippen molar-refractivity contribution in [1.29, 1.82) is 0 Å². The van der Waals surface area contributed by atoms with Crippen molar-refractivity contribution < 1.29 is 9.53 Å². The molecule has 0 saturated carbocycles. The Balaban J connectivity index is 1.34. The number of aryl methyl sites for hydroxylation is 1.